The number of hydrogen-bond donors (Lipinski definition) is 1. The first-order valence-electron chi connectivity index (χ1n) is 6.92. The number of nitrogens with zero attached hydrogens (tertiary/aromatic N) is 2. The fourth-order valence-corrected chi connectivity index (χ4v) is 2.99. The molecule has 1 heterocycles. The van der Waals surface area contributed by atoms with Crippen LogP contribution in [0.25, 0.3) is 11.3 Å². The maximum absolute atomic E-state index is 9.92. The molecule has 0 aliphatic rings. The first-order valence-corrected chi connectivity index (χ1v) is 7.80. The van der Waals surface area contributed by atoms with Crippen LogP contribution in [0.2, 0.25) is 0 Å². The molecule has 1 aromatic heterocycles. The predicted octanol–water partition coefficient (Wildman–Crippen LogP) is 3.40. The number of hydrogen-bond acceptors (Lipinski definition) is 4. The van der Waals surface area contributed by atoms with E-state index in [1.807, 2.05) is 32.0 Å². The monoisotopic (exact) mass is 290 g/mol. The van der Waals surface area contributed by atoms with E-state index in [2.05, 4.69) is 29.3 Å². The van der Waals surface area contributed by atoms with Crippen molar-refractivity contribution in [3.05, 3.63) is 40.7 Å². The highest BCUT2D eigenvalue weighted by Crippen LogP contribution is 2.22. The van der Waals surface area contributed by atoms with Crippen molar-refractivity contribution < 1.29 is 5.11 Å². The molecular formula is C16H22N2OS. The van der Waals surface area contributed by atoms with Crippen LogP contribution in [0, 0.1) is 0 Å². The zero-order valence-electron chi connectivity index (χ0n) is 12.3. The SMILES string of the molecule is CCN(Cc1nc(-c2ccccc2)cs1)CC(C)(C)O. The number of rotatable bonds is 6. The molecule has 0 atom stereocenters. The third kappa shape index (κ3) is 4.40. The lowest BCUT2D eigenvalue weighted by molar-refractivity contribution is 0.0353. The first kappa shape index (κ1) is 15.2. The molecule has 0 saturated heterocycles. The molecule has 1 aromatic carbocycles. The zero-order chi connectivity index (χ0) is 14.6. The number of benzene rings is 1. The Bertz CT molecular complexity index is 531. The van der Waals surface area contributed by atoms with Gasteiger partial charge in [0, 0.05) is 17.5 Å². The lowest BCUT2D eigenvalue weighted by Gasteiger charge is -2.27. The Balaban J connectivity index is 2.05. The minimum Gasteiger partial charge on any atom is -0.389 e. The molecule has 3 nitrogen and oxygen atoms in total. The number of aromatic nitrogens is 1. The minimum absolute atomic E-state index is 0.656. The summed E-state index contributed by atoms with van der Waals surface area (Å²) in [6.07, 6.45) is 0. The van der Waals surface area contributed by atoms with Gasteiger partial charge < -0.3 is 5.11 Å². The molecule has 0 radical (unpaired) electrons. The molecule has 2 aromatic rings. The Morgan fingerprint density at radius 2 is 1.95 bits per heavy atom. The highest BCUT2D eigenvalue weighted by Gasteiger charge is 2.18. The fourth-order valence-electron chi connectivity index (χ4n) is 2.14. The van der Waals surface area contributed by atoms with Crippen molar-refractivity contribution >= 4 is 11.3 Å². The smallest absolute Gasteiger partial charge is 0.107 e. The molecule has 2 rings (SSSR count). The summed E-state index contributed by atoms with van der Waals surface area (Å²) in [5.74, 6) is 0. The van der Waals surface area contributed by atoms with E-state index >= 15 is 0 Å². The molecule has 108 valence electrons. The quantitative estimate of drug-likeness (QED) is 0.886. The van der Waals surface area contributed by atoms with Gasteiger partial charge in [0.05, 0.1) is 17.8 Å². The van der Waals surface area contributed by atoms with Crippen molar-refractivity contribution in [2.24, 2.45) is 0 Å². The van der Waals surface area contributed by atoms with Crippen molar-refractivity contribution in [1.29, 1.82) is 0 Å². The van der Waals surface area contributed by atoms with Crippen LogP contribution >= 0.6 is 11.3 Å². The van der Waals surface area contributed by atoms with Gasteiger partial charge in [0.15, 0.2) is 0 Å². The van der Waals surface area contributed by atoms with E-state index in [4.69, 9.17) is 4.98 Å². The number of aliphatic hydroxyl groups is 1. The van der Waals surface area contributed by atoms with Crippen LogP contribution in [0.3, 0.4) is 0 Å². The van der Waals surface area contributed by atoms with E-state index in [1.54, 1.807) is 11.3 Å². The van der Waals surface area contributed by atoms with Crippen LogP contribution in [0.15, 0.2) is 35.7 Å². The molecule has 0 aliphatic heterocycles. The normalized spacial score (nSPS) is 12.1. The van der Waals surface area contributed by atoms with E-state index in [9.17, 15) is 5.11 Å². The van der Waals surface area contributed by atoms with Crippen LogP contribution in [0.4, 0.5) is 0 Å². The van der Waals surface area contributed by atoms with E-state index in [0.29, 0.717) is 6.54 Å². The zero-order valence-corrected chi connectivity index (χ0v) is 13.2. The third-order valence-corrected chi connectivity index (χ3v) is 3.87. The van der Waals surface area contributed by atoms with Gasteiger partial charge in [-0.3, -0.25) is 4.90 Å². The first-order chi connectivity index (χ1) is 9.48. The van der Waals surface area contributed by atoms with Gasteiger partial charge in [0.25, 0.3) is 0 Å². The molecule has 0 fully saturated rings. The highest BCUT2D eigenvalue weighted by molar-refractivity contribution is 7.09. The molecule has 4 heteroatoms. The molecule has 0 bridgehead atoms. The summed E-state index contributed by atoms with van der Waals surface area (Å²) in [6, 6.07) is 10.2. The Morgan fingerprint density at radius 1 is 1.25 bits per heavy atom. The number of thiazole rings is 1. The van der Waals surface area contributed by atoms with Crippen LogP contribution in [0.5, 0.6) is 0 Å². The Morgan fingerprint density at radius 3 is 2.55 bits per heavy atom. The van der Waals surface area contributed by atoms with Gasteiger partial charge in [-0.2, -0.15) is 0 Å². The third-order valence-electron chi connectivity index (χ3n) is 3.04. The largest absolute Gasteiger partial charge is 0.389 e. The summed E-state index contributed by atoms with van der Waals surface area (Å²) < 4.78 is 0. The summed E-state index contributed by atoms with van der Waals surface area (Å²) in [5, 5.41) is 13.1. The second-order valence-electron chi connectivity index (χ2n) is 5.61. The average molecular weight is 290 g/mol. The molecule has 0 spiro atoms. The summed E-state index contributed by atoms with van der Waals surface area (Å²) >= 11 is 1.68. The maximum Gasteiger partial charge on any atom is 0.107 e. The molecule has 0 aliphatic carbocycles. The Hall–Kier alpha value is -1.23. The van der Waals surface area contributed by atoms with Gasteiger partial charge in [-0.15, -0.1) is 11.3 Å². The lowest BCUT2D eigenvalue weighted by Crippen LogP contribution is -2.38. The van der Waals surface area contributed by atoms with Gasteiger partial charge in [-0.1, -0.05) is 37.3 Å². The highest BCUT2D eigenvalue weighted by atomic mass is 32.1. The van der Waals surface area contributed by atoms with E-state index in [1.165, 1.54) is 0 Å². The van der Waals surface area contributed by atoms with Crippen molar-refractivity contribution in [1.82, 2.24) is 9.88 Å². The van der Waals surface area contributed by atoms with Crippen molar-refractivity contribution in [3.63, 3.8) is 0 Å². The summed E-state index contributed by atoms with van der Waals surface area (Å²) in [4.78, 5) is 6.91. The minimum atomic E-state index is -0.671. The second-order valence-corrected chi connectivity index (χ2v) is 6.55. The molecule has 1 N–H and O–H groups in total. The van der Waals surface area contributed by atoms with E-state index in [-0.39, 0.29) is 0 Å². The van der Waals surface area contributed by atoms with Crippen molar-refractivity contribution in [2.75, 3.05) is 13.1 Å². The lowest BCUT2D eigenvalue weighted by atomic mass is 10.1. The van der Waals surface area contributed by atoms with Crippen LogP contribution in [-0.2, 0) is 6.54 Å². The second kappa shape index (κ2) is 6.48. The van der Waals surface area contributed by atoms with Gasteiger partial charge in [-0.25, -0.2) is 4.98 Å². The molecule has 0 saturated carbocycles. The van der Waals surface area contributed by atoms with Gasteiger partial charge >= 0.3 is 0 Å². The summed E-state index contributed by atoms with van der Waals surface area (Å²) in [5.41, 5.74) is 1.51. The Labute approximate surface area is 124 Å². The number of likely N-dealkylation sites (N-methyl/N-ethyl adjacent to an activating group) is 1. The van der Waals surface area contributed by atoms with E-state index in [0.717, 1.165) is 29.4 Å². The standard InChI is InChI=1S/C16H22N2OS/c1-4-18(12-16(2,3)19)10-15-17-14(11-20-15)13-8-6-5-7-9-13/h5-9,11,19H,4,10,12H2,1-3H3. The molecule has 0 amide bonds. The maximum atomic E-state index is 9.92. The molecular weight excluding hydrogens is 268 g/mol. The summed E-state index contributed by atoms with van der Waals surface area (Å²) in [7, 11) is 0. The van der Waals surface area contributed by atoms with Gasteiger partial charge in [0.2, 0.25) is 0 Å². The van der Waals surface area contributed by atoms with Gasteiger partial charge in [0.1, 0.15) is 5.01 Å². The Kier molecular flexibility index (Phi) is 4.91. The summed E-state index contributed by atoms with van der Waals surface area (Å²) in [6.45, 7) is 8.14. The van der Waals surface area contributed by atoms with Crippen LogP contribution in [-0.4, -0.2) is 33.7 Å². The van der Waals surface area contributed by atoms with Crippen molar-refractivity contribution in [2.45, 2.75) is 32.9 Å². The predicted molar refractivity (Wildman–Crippen MR) is 84.8 cm³/mol. The van der Waals surface area contributed by atoms with Crippen LogP contribution < -0.4 is 0 Å². The van der Waals surface area contributed by atoms with Crippen molar-refractivity contribution in [3.8, 4) is 11.3 Å². The average Bonchev–Trinajstić information content (AvgIpc) is 2.86. The van der Waals surface area contributed by atoms with Gasteiger partial charge in [-0.05, 0) is 20.4 Å². The topological polar surface area (TPSA) is 36.4 Å². The fraction of sp³-hybridized carbons (Fsp3) is 0.438. The van der Waals surface area contributed by atoms with Crippen LogP contribution in [0.1, 0.15) is 25.8 Å². The molecule has 20 heavy (non-hydrogen) atoms. The molecule has 0 unspecified atom stereocenters. The van der Waals surface area contributed by atoms with E-state index < -0.39 is 5.60 Å².